The lowest BCUT2D eigenvalue weighted by Gasteiger charge is -2.27. The summed E-state index contributed by atoms with van der Waals surface area (Å²) in [4.78, 5) is 2.45. The van der Waals surface area contributed by atoms with Gasteiger partial charge in [-0.3, -0.25) is 0 Å². The van der Waals surface area contributed by atoms with Crippen molar-refractivity contribution in [3.05, 3.63) is 0 Å². The van der Waals surface area contributed by atoms with Crippen LogP contribution in [0.3, 0.4) is 0 Å². The van der Waals surface area contributed by atoms with Crippen LogP contribution in [0.25, 0.3) is 0 Å². The second-order valence-corrected chi connectivity index (χ2v) is 4.06. The maximum atomic E-state index is 9.13. The van der Waals surface area contributed by atoms with Crippen LogP contribution in [0.1, 0.15) is 33.1 Å². The Morgan fingerprint density at radius 2 is 2.14 bits per heavy atom. The van der Waals surface area contributed by atoms with Crippen molar-refractivity contribution in [2.45, 2.75) is 44.7 Å². The maximum Gasteiger partial charge on any atom is 0.108 e. The van der Waals surface area contributed by atoms with Gasteiger partial charge in [-0.15, -0.1) is 0 Å². The van der Waals surface area contributed by atoms with Crippen molar-refractivity contribution in [1.82, 2.24) is 10.2 Å². The number of nitrogens with zero attached hydrogens (tertiary/aromatic N) is 2. The largest absolute Gasteiger partial charge is 0.302 e. The quantitative estimate of drug-likeness (QED) is 0.736. The summed E-state index contributed by atoms with van der Waals surface area (Å²) in [6.45, 7) is 6.56. The summed E-state index contributed by atoms with van der Waals surface area (Å²) >= 11 is 0. The van der Waals surface area contributed by atoms with E-state index < -0.39 is 0 Å². The molecule has 0 spiro atoms. The molecule has 14 heavy (non-hydrogen) atoms. The smallest absolute Gasteiger partial charge is 0.108 e. The van der Waals surface area contributed by atoms with E-state index in [-0.39, 0.29) is 5.54 Å². The predicted octanol–water partition coefficient (Wildman–Crippen LogP) is 1.36. The number of hydrogen-bond donors (Lipinski definition) is 1. The van der Waals surface area contributed by atoms with Crippen LogP contribution in [-0.2, 0) is 0 Å². The molecule has 0 bridgehead atoms. The number of nitrogens with one attached hydrogen (secondary N) is 1. The lowest BCUT2D eigenvalue weighted by molar-refractivity contribution is 0.213. The van der Waals surface area contributed by atoms with Gasteiger partial charge in [-0.25, -0.2) is 0 Å². The fraction of sp³-hybridized carbons (Fsp3) is 0.909. The zero-order chi connectivity index (χ0) is 10.6. The third kappa shape index (κ3) is 2.08. The van der Waals surface area contributed by atoms with Gasteiger partial charge in [0, 0.05) is 6.04 Å². The highest BCUT2D eigenvalue weighted by Gasteiger charge is 2.39. The average molecular weight is 195 g/mol. The van der Waals surface area contributed by atoms with Crippen LogP contribution in [0.2, 0.25) is 0 Å². The topological polar surface area (TPSA) is 39.1 Å². The normalized spacial score (nSPS) is 32.1. The van der Waals surface area contributed by atoms with Crippen LogP contribution in [0, 0.1) is 11.3 Å². The van der Waals surface area contributed by atoms with E-state index in [1.807, 2.05) is 7.05 Å². The van der Waals surface area contributed by atoms with E-state index in [2.05, 4.69) is 30.1 Å². The van der Waals surface area contributed by atoms with E-state index in [4.69, 9.17) is 5.26 Å². The molecule has 0 aromatic carbocycles. The molecule has 0 aliphatic heterocycles. The minimum absolute atomic E-state index is 0.257. The molecule has 1 saturated carbocycles. The SMILES string of the molecule is CCN(CC)C1CCC(C#N)(NC)C1. The summed E-state index contributed by atoms with van der Waals surface area (Å²) < 4.78 is 0. The van der Waals surface area contributed by atoms with Crippen molar-refractivity contribution >= 4 is 0 Å². The molecule has 2 atom stereocenters. The average Bonchev–Trinajstić information content (AvgIpc) is 2.65. The second-order valence-electron chi connectivity index (χ2n) is 4.06. The summed E-state index contributed by atoms with van der Waals surface area (Å²) in [6, 6.07) is 3.02. The fourth-order valence-corrected chi connectivity index (χ4v) is 2.46. The molecule has 1 N–H and O–H groups in total. The molecule has 0 radical (unpaired) electrons. The van der Waals surface area contributed by atoms with Crippen LogP contribution in [0.4, 0.5) is 0 Å². The van der Waals surface area contributed by atoms with E-state index in [0.29, 0.717) is 6.04 Å². The molecule has 3 nitrogen and oxygen atoms in total. The molecule has 0 aromatic heterocycles. The van der Waals surface area contributed by atoms with Gasteiger partial charge < -0.3 is 10.2 Å². The van der Waals surface area contributed by atoms with Gasteiger partial charge in [-0.1, -0.05) is 13.8 Å². The molecule has 0 saturated heterocycles. The third-order valence-corrected chi connectivity index (χ3v) is 3.51. The molecule has 0 aromatic rings. The first-order valence-electron chi connectivity index (χ1n) is 5.55. The van der Waals surface area contributed by atoms with Gasteiger partial charge in [0.1, 0.15) is 5.54 Å². The molecule has 80 valence electrons. The van der Waals surface area contributed by atoms with Gasteiger partial charge in [0.2, 0.25) is 0 Å². The lowest BCUT2D eigenvalue weighted by Crippen LogP contribution is -2.41. The van der Waals surface area contributed by atoms with Crippen LogP contribution in [0.15, 0.2) is 0 Å². The first-order valence-corrected chi connectivity index (χ1v) is 5.55. The van der Waals surface area contributed by atoms with Crippen molar-refractivity contribution in [3.8, 4) is 6.07 Å². The molecule has 2 unspecified atom stereocenters. The van der Waals surface area contributed by atoms with Gasteiger partial charge in [-0.05, 0) is 39.4 Å². The summed E-state index contributed by atoms with van der Waals surface area (Å²) in [5.41, 5.74) is -0.257. The van der Waals surface area contributed by atoms with Gasteiger partial charge in [-0.2, -0.15) is 5.26 Å². The van der Waals surface area contributed by atoms with Crippen molar-refractivity contribution in [2.75, 3.05) is 20.1 Å². The molecule has 1 aliphatic carbocycles. The Hall–Kier alpha value is -0.590. The fourth-order valence-electron chi connectivity index (χ4n) is 2.46. The standard InChI is InChI=1S/C11H21N3/c1-4-14(5-2)10-6-7-11(8-10,9-12)13-3/h10,13H,4-8H2,1-3H3. The first kappa shape index (κ1) is 11.5. The summed E-state index contributed by atoms with van der Waals surface area (Å²) in [5.74, 6) is 0. The number of nitriles is 1. The van der Waals surface area contributed by atoms with Gasteiger partial charge in [0.25, 0.3) is 0 Å². The Balaban J connectivity index is 2.60. The van der Waals surface area contributed by atoms with Crippen LogP contribution in [0.5, 0.6) is 0 Å². The molecule has 0 heterocycles. The van der Waals surface area contributed by atoms with E-state index in [0.717, 1.165) is 32.4 Å². The Morgan fingerprint density at radius 1 is 1.50 bits per heavy atom. The summed E-state index contributed by atoms with van der Waals surface area (Å²) in [5, 5.41) is 12.3. The molecule has 1 rings (SSSR count). The van der Waals surface area contributed by atoms with Crippen molar-refractivity contribution in [3.63, 3.8) is 0 Å². The first-order chi connectivity index (χ1) is 6.71. The molecule has 0 amide bonds. The van der Waals surface area contributed by atoms with E-state index in [1.165, 1.54) is 0 Å². The van der Waals surface area contributed by atoms with Crippen LogP contribution >= 0.6 is 0 Å². The minimum atomic E-state index is -0.257. The van der Waals surface area contributed by atoms with Crippen molar-refractivity contribution < 1.29 is 0 Å². The molecular formula is C11H21N3. The highest BCUT2D eigenvalue weighted by atomic mass is 15.2. The Kier molecular flexibility index (Phi) is 3.91. The van der Waals surface area contributed by atoms with E-state index in [1.54, 1.807) is 0 Å². The molecule has 1 aliphatic rings. The van der Waals surface area contributed by atoms with Crippen molar-refractivity contribution in [1.29, 1.82) is 5.26 Å². The van der Waals surface area contributed by atoms with Crippen LogP contribution < -0.4 is 5.32 Å². The zero-order valence-corrected chi connectivity index (χ0v) is 9.51. The lowest BCUT2D eigenvalue weighted by atomic mass is 10.00. The monoisotopic (exact) mass is 195 g/mol. The van der Waals surface area contributed by atoms with E-state index >= 15 is 0 Å². The highest BCUT2D eigenvalue weighted by Crippen LogP contribution is 2.32. The van der Waals surface area contributed by atoms with E-state index in [9.17, 15) is 0 Å². The van der Waals surface area contributed by atoms with Gasteiger partial charge in [0.05, 0.1) is 6.07 Å². The maximum absolute atomic E-state index is 9.13. The molecule has 3 heteroatoms. The Labute approximate surface area is 87.1 Å². The second kappa shape index (κ2) is 4.77. The molecule has 1 fully saturated rings. The number of hydrogen-bond acceptors (Lipinski definition) is 3. The van der Waals surface area contributed by atoms with Gasteiger partial charge >= 0.3 is 0 Å². The number of rotatable bonds is 4. The minimum Gasteiger partial charge on any atom is -0.302 e. The third-order valence-electron chi connectivity index (χ3n) is 3.51. The Bertz CT molecular complexity index is 217. The predicted molar refractivity (Wildman–Crippen MR) is 58.0 cm³/mol. The molecular weight excluding hydrogens is 174 g/mol. The highest BCUT2D eigenvalue weighted by molar-refractivity contribution is 5.12. The zero-order valence-electron chi connectivity index (χ0n) is 9.51. The summed E-state index contributed by atoms with van der Waals surface area (Å²) in [7, 11) is 1.90. The van der Waals surface area contributed by atoms with Gasteiger partial charge in [0.15, 0.2) is 0 Å². The van der Waals surface area contributed by atoms with Crippen LogP contribution in [-0.4, -0.2) is 36.6 Å². The van der Waals surface area contributed by atoms with Crippen molar-refractivity contribution in [2.24, 2.45) is 0 Å². The Morgan fingerprint density at radius 3 is 2.50 bits per heavy atom. The summed E-state index contributed by atoms with van der Waals surface area (Å²) in [6.07, 6.45) is 3.11.